The normalized spacial score (nSPS) is 10.3. The molecule has 0 aliphatic carbocycles. The largest absolute Gasteiger partial charge is 0.360 e. The second-order valence-electron chi connectivity index (χ2n) is 3.78. The van der Waals surface area contributed by atoms with Gasteiger partial charge in [0.15, 0.2) is 0 Å². The molecule has 2 nitrogen and oxygen atoms in total. The number of alkyl halides is 1. The smallest absolute Gasteiger partial charge is 0.128 e. The van der Waals surface area contributed by atoms with Crippen LogP contribution in [0, 0.1) is 0 Å². The minimum absolute atomic E-state index is 0.554. The van der Waals surface area contributed by atoms with Crippen LogP contribution in [0.25, 0.3) is 0 Å². The van der Waals surface area contributed by atoms with E-state index in [0.717, 1.165) is 17.9 Å². The SMILES string of the molecule is CCCCCN(C)c1cc(CCl)ccn1. The van der Waals surface area contributed by atoms with Crippen molar-refractivity contribution >= 4 is 17.4 Å². The van der Waals surface area contributed by atoms with E-state index in [1.54, 1.807) is 0 Å². The van der Waals surface area contributed by atoms with Crippen molar-refractivity contribution in [1.29, 1.82) is 0 Å². The van der Waals surface area contributed by atoms with E-state index in [1.807, 2.05) is 12.3 Å². The van der Waals surface area contributed by atoms with Crippen LogP contribution in [0.3, 0.4) is 0 Å². The zero-order chi connectivity index (χ0) is 11.1. The molecule has 0 unspecified atom stereocenters. The molecule has 0 bridgehead atoms. The van der Waals surface area contributed by atoms with Crippen LogP contribution >= 0.6 is 11.6 Å². The summed E-state index contributed by atoms with van der Waals surface area (Å²) in [7, 11) is 2.08. The Morgan fingerprint density at radius 2 is 2.20 bits per heavy atom. The number of halogens is 1. The van der Waals surface area contributed by atoms with Gasteiger partial charge in [-0.25, -0.2) is 4.98 Å². The Balaban J connectivity index is 2.52. The van der Waals surface area contributed by atoms with E-state index in [-0.39, 0.29) is 0 Å². The van der Waals surface area contributed by atoms with Gasteiger partial charge in [0.25, 0.3) is 0 Å². The fraction of sp³-hybridized carbons (Fsp3) is 0.583. The first-order valence-corrected chi connectivity index (χ1v) is 6.03. The van der Waals surface area contributed by atoms with Gasteiger partial charge in [0.2, 0.25) is 0 Å². The molecule has 0 fully saturated rings. The predicted molar refractivity (Wildman–Crippen MR) is 66.6 cm³/mol. The summed E-state index contributed by atoms with van der Waals surface area (Å²) >= 11 is 5.78. The Hall–Kier alpha value is -0.760. The fourth-order valence-corrected chi connectivity index (χ4v) is 1.63. The molecule has 0 aliphatic rings. The van der Waals surface area contributed by atoms with Crippen molar-refractivity contribution in [3.8, 4) is 0 Å². The third-order valence-electron chi connectivity index (χ3n) is 2.45. The second-order valence-corrected chi connectivity index (χ2v) is 4.05. The van der Waals surface area contributed by atoms with Gasteiger partial charge >= 0.3 is 0 Å². The van der Waals surface area contributed by atoms with Crippen LogP contribution in [-0.4, -0.2) is 18.6 Å². The van der Waals surface area contributed by atoms with E-state index in [9.17, 15) is 0 Å². The summed E-state index contributed by atoms with van der Waals surface area (Å²) in [5, 5.41) is 0. The van der Waals surface area contributed by atoms with E-state index >= 15 is 0 Å². The molecule has 1 aromatic rings. The van der Waals surface area contributed by atoms with E-state index in [1.165, 1.54) is 19.3 Å². The number of hydrogen-bond donors (Lipinski definition) is 0. The summed E-state index contributed by atoms with van der Waals surface area (Å²) in [6, 6.07) is 4.01. The van der Waals surface area contributed by atoms with E-state index in [0.29, 0.717) is 5.88 Å². The summed E-state index contributed by atoms with van der Waals surface area (Å²) < 4.78 is 0. The highest BCUT2D eigenvalue weighted by molar-refractivity contribution is 6.17. The second kappa shape index (κ2) is 6.67. The molecule has 84 valence electrons. The minimum atomic E-state index is 0.554. The zero-order valence-electron chi connectivity index (χ0n) is 9.54. The molecule has 0 aromatic carbocycles. The molecular formula is C12H19ClN2. The number of pyridine rings is 1. The van der Waals surface area contributed by atoms with E-state index < -0.39 is 0 Å². The van der Waals surface area contributed by atoms with Crippen LogP contribution in [0.4, 0.5) is 5.82 Å². The topological polar surface area (TPSA) is 16.1 Å². The molecule has 1 rings (SSSR count). The highest BCUT2D eigenvalue weighted by Gasteiger charge is 2.02. The lowest BCUT2D eigenvalue weighted by Gasteiger charge is -2.18. The lowest BCUT2D eigenvalue weighted by atomic mass is 10.2. The van der Waals surface area contributed by atoms with Gasteiger partial charge in [0, 0.05) is 25.7 Å². The highest BCUT2D eigenvalue weighted by atomic mass is 35.5. The molecule has 0 radical (unpaired) electrons. The first-order valence-electron chi connectivity index (χ1n) is 5.50. The van der Waals surface area contributed by atoms with Gasteiger partial charge in [0.1, 0.15) is 5.82 Å². The average molecular weight is 227 g/mol. The number of aromatic nitrogens is 1. The molecule has 15 heavy (non-hydrogen) atoms. The quantitative estimate of drug-likeness (QED) is 0.546. The van der Waals surface area contributed by atoms with Crippen molar-refractivity contribution in [3.05, 3.63) is 23.9 Å². The number of anilines is 1. The van der Waals surface area contributed by atoms with Gasteiger partial charge in [-0.1, -0.05) is 19.8 Å². The number of unbranched alkanes of at least 4 members (excludes halogenated alkanes) is 2. The third kappa shape index (κ3) is 4.08. The van der Waals surface area contributed by atoms with E-state index in [2.05, 4.69) is 29.9 Å². The molecule has 3 heteroatoms. The molecule has 0 saturated carbocycles. The Morgan fingerprint density at radius 3 is 2.87 bits per heavy atom. The molecule has 1 heterocycles. The molecule has 0 aliphatic heterocycles. The number of nitrogens with zero attached hydrogens (tertiary/aromatic N) is 2. The lowest BCUT2D eigenvalue weighted by Crippen LogP contribution is -2.19. The monoisotopic (exact) mass is 226 g/mol. The molecule has 0 atom stereocenters. The standard InChI is InChI=1S/C12H19ClN2/c1-3-4-5-8-15(2)12-9-11(10-13)6-7-14-12/h6-7,9H,3-5,8,10H2,1-2H3. The fourth-order valence-electron chi connectivity index (χ4n) is 1.47. The summed E-state index contributed by atoms with van der Waals surface area (Å²) in [6.07, 6.45) is 5.58. The Bertz CT molecular complexity index is 289. The van der Waals surface area contributed by atoms with Crippen molar-refractivity contribution in [2.75, 3.05) is 18.5 Å². The third-order valence-corrected chi connectivity index (χ3v) is 2.76. The predicted octanol–water partition coefficient (Wildman–Crippen LogP) is 3.45. The molecule has 1 aromatic heterocycles. The highest BCUT2D eigenvalue weighted by Crippen LogP contribution is 2.13. The van der Waals surface area contributed by atoms with Crippen LogP contribution in [0.15, 0.2) is 18.3 Å². The van der Waals surface area contributed by atoms with Crippen molar-refractivity contribution in [2.45, 2.75) is 32.1 Å². The van der Waals surface area contributed by atoms with Crippen molar-refractivity contribution in [2.24, 2.45) is 0 Å². The molecule has 0 amide bonds. The van der Waals surface area contributed by atoms with Crippen molar-refractivity contribution < 1.29 is 0 Å². The van der Waals surface area contributed by atoms with Gasteiger partial charge in [-0.15, -0.1) is 11.6 Å². The molecular weight excluding hydrogens is 208 g/mol. The van der Waals surface area contributed by atoms with Gasteiger partial charge in [-0.3, -0.25) is 0 Å². The van der Waals surface area contributed by atoms with E-state index in [4.69, 9.17) is 11.6 Å². The Labute approximate surface area is 97.3 Å². The van der Waals surface area contributed by atoms with Crippen molar-refractivity contribution in [1.82, 2.24) is 4.98 Å². The average Bonchev–Trinajstić information content (AvgIpc) is 2.29. The Morgan fingerprint density at radius 1 is 1.40 bits per heavy atom. The first kappa shape index (κ1) is 12.3. The lowest BCUT2D eigenvalue weighted by molar-refractivity contribution is 0.701. The molecule has 0 N–H and O–H groups in total. The maximum Gasteiger partial charge on any atom is 0.128 e. The Kier molecular flexibility index (Phi) is 5.48. The maximum atomic E-state index is 5.78. The van der Waals surface area contributed by atoms with Crippen LogP contribution in [0.2, 0.25) is 0 Å². The van der Waals surface area contributed by atoms with Crippen LogP contribution < -0.4 is 4.90 Å². The molecule has 0 saturated heterocycles. The van der Waals surface area contributed by atoms with Crippen molar-refractivity contribution in [3.63, 3.8) is 0 Å². The summed E-state index contributed by atoms with van der Waals surface area (Å²) in [5.74, 6) is 1.57. The maximum absolute atomic E-state index is 5.78. The van der Waals surface area contributed by atoms with Gasteiger partial charge in [0.05, 0.1) is 0 Å². The summed E-state index contributed by atoms with van der Waals surface area (Å²) in [5.41, 5.74) is 1.13. The first-order chi connectivity index (χ1) is 7.27. The minimum Gasteiger partial charge on any atom is -0.360 e. The number of hydrogen-bond acceptors (Lipinski definition) is 2. The van der Waals surface area contributed by atoms with Gasteiger partial charge in [-0.2, -0.15) is 0 Å². The zero-order valence-corrected chi connectivity index (χ0v) is 10.3. The van der Waals surface area contributed by atoms with Gasteiger partial charge < -0.3 is 4.90 Å². The summed E-state index contributed by atoms with van der Waals surface area (Å²) in [4.78, 5) is 6.52. The van der Waals surface area contributed by atoms with Crippen LogP contribution in [0.1, 0.15) is 31.7 Å². The number of rotatable bonds is 6. The van der Waals surface area contributed by atoms with Crippen LogP contribution in [-0.2, 0) is 5.88 Å². The van der Waals surface area contributed by atoms with Gasteiger partial charge in [-0.05, 0) is 24.1 Å². The van der Waals surface area contributed by atoms with Crippen LogP contribution in [0.5, 0.6) is 0 Å². The molecule has 0 spiro atoms. The summed E-state index contributed by atoms with van der Waals surface area (Å²) in [6.45, 7) is 3.28.